The second kappa shape index (κ2) is 7.55. The van der Waals surface area contributed by atoms with Gasteiger partial charge in [-0.3, -0.25) is 0 Å². The molecule has 1 heterocycles. The van der Waals surface area contributed by atoms with Gasteiger partial charge in [0, 0.05) is 0 Å². The second-order valence-electron chi connectivity index (χ2n) is 7.86. The Labute approximate surface area is 149 Å². The Bertz CT molecular complexity index is 583. The number of aliphatic hydroxyl groups is 2. The molecule has 1 fully saturated rings. The minimum atomic E-state index is -2.01. The van der Waals surface area contributed by atoms with Gasteiger partial charge in [0.1, 0.15) is 12.2 Å². The van der Waals surface area contributed by atoms with Gasteiger partial charge in [0.25, 0.3) is 0 Å². The molecule has 6 nitrogen and oxygen atoms in total. The molecule has 4 atom stereocenters. The first-order valence-electron chi connectivity index (χ1n) is 8.44. The van der Waals surface area contributed by atoms with Crippen LogP contribution in [0, 0.1) is 0 Å². The highest BCUT2D eigenvalue weighted by molar-refractivity contribution is 6.74. The molecular weight excluding hydrogens is 340 g/mol. The summed E-state index contributed by atoms with van der Waals surface area (Å²) in [5.74, 6) is -0.613. The molecule has 0 aromatic heterocycles. The maximum Gasteiger partial charge on any atom is 0.338 e. The molecule has 1 aromatic rings. The van der Waals surface area contributed by atoms with Crippen LogP contribution in [0.4, 0.5) is 0 Å². The first-order valence-corrected chi connectivity index (χ1v) is 11.4. The third-order valence-corrected chi connectivity index (χ3v) is 9.48. The van der Waals surface area contributed by atoms with E-state index in [1.54, 1.807) is 30.3 Å². The quantitative estimate of drug-likeness (QED) is 0.613. The van der Waals surface area contributed by atoms with E-state index in [2.05, 4.69) is 33.9 Å². The minimum Gasteiger partial charge on any atom is -0.450 e. The topological polar surface area (TPSA) is 85.2 Å². The zero-order valence-corrected chi connectivity index (χ0v) is 16.4. The fourth-order valence-electron chi connectivity index (χ4n) is 2.26. The number of benzene rings is 1. The molecule has 140 valence electrons. The number of hydrogen-bond donors (Lipinski definition) is 2. The highest BCUT2D eigenvalue weighted by atomic mass is 28.4. The Morgan fingerprint density at radius 3 is 2.36 bits per heavy atom. The lowest BCUT2D eigenvalue weighted by Crippen LogP contribution is -2.45. The van der Waals surface area contributed by atoms with Crippen molar-refractivity contribution in [2.75, 3.05) is 6.61 Å². The summed E-state index contributed by atoms with van der Waals surface area (Å²) in [4.78, 5) is 12.1. The highest BCUT2D eigenvalue weighted by Crippen LogP contribution is 2.37. The van der Waals surface area contributed by atoms with Gasteiger partial charge in [-0.25, -0.2) is 4.79 Å². The van der Waals surface area contributed by atoms with Crippen LogP contribution in [0.15, 0.2) is 30.3 Å². The average Bonchev–Trinajstić information content (AvgIpc) is 2.80. The Morgan fingerprint density at radius 1 is 1.20 bits per heavy atom. The number of ether oxygens (including phenoxy) is 2. The van der Waals surface area contributed by atoms with Gasteiger partial charge in [0.05, 0.1) is 12.2 Å². The summed E-state index contributed by atoms with van der Waals surface area (Å²) in [5, 5.41) is 20.4. The maximum atomic E-state index is 12.1. The Balaban J connectivity index is 1.96. The number of aliphatic hydroxyl groups excluding tert-OH is 2. The summed E-state index contributed by atoms with van der Waals surface area (Å²) < 4.78 is 16.6. The Kier molecular flexibility index (Phi) is 6.06. The van der Waals surface area contributed by atoms with Gasteiger partial charge >= 0.3 is 5.97 Å². The summed E-state index contributed by atoms with van der Waals surface area (Å²) in [5.41, 5.74) is 0.350. The third kappa shape index (κ3) is 4.68. The van der Waals surface area contributed by atoms with Crippen molar-refractivity contribution in [3.8, 4) is 0 Å². The van der Waals surface area contributed by atoms with Crippen LogP contribution < -0.4 is 0 Å². The molecule has 0 amide bonds. The van der Waals surface area contributed by atoms with E-state index < -0.39 is 38.9 Å². The van der Waals surface area contributed by atoms with Gasteiger partial charge in [-0.1, -0.05) is 39.0 Å². The first kappa shape index (κ1) is 20.1. The smallest absolute Gasteiger partial charge is 0.338 e. The lowest BCUT2D eigenvalue weighted by atomic mass is 10.1. The molecule has 1 aliphatic rings. The van der Waals surface area contributed by atoms with Crippen molar-refractivity contribution in [2.24, 2.45) is 0 Å². The number of rotatable bonds is 5. The zero-order valence-electron chi connectivity index (χ0n) is 15.4. The minimum absolute atomic E-state index is 0.0222. The summed E-state index contributed by atoms with van der Waals surface area (Å²) in [6, 6.07) is 8.42. The Hall–Kier alpha value is -1.25. The predicted molar refractivity (Wildman–Crippen MR) is 95.7 cm³/mol. The van der Waals surface area contributed by atoms with Crippen molar-refractivity contribution in [3.05, 3.63) is 35.9 Å². The molecule has 7 heteroatoms. The van der Waals surface area contributed by atoms with Crippen molar-refractivity contribution in [1.82, 2.24) is 0 Å². The molecule has 2 N–H and O–H groups in total. The molecule has 0 bridgehead atoms. The van der Waals surface area contributed by atoms with Crippen LogP contribution in [-0.4, -0.2) is 55.7 Å². The summed E-state index contributed by atoms with van der Waals surface area (Å²) in [6.07, 6.45) is -4.40. The third-order valence-electron chi connectivity index (χ3n) is 4.98. The van der Waals surface area contributed by atoms with E-state index >= 15 is 0 Å². The van der Waals surface area contributed by atoms with E-state index in [1.807, 2.05) is 0 Å². The molecule has 2 rings (SSSR count). The van der Waals surface area contributed by atoms with E-state index in [0.29, 0.717) is 5.56 Å². The lowest BCUT2D eigenvalue weighted by molar-refractivity contribution is -0.134. The van der Waals surface area contributed by atoms with Crippen LogP contribution in [0.1, 0.15) is 31.1 Å². The molecule has 0 aliphatic carbocycles. The molecular formula is C18H28O6Si. The van der Waals surface area contributed by atoms with Crippen LogP contribution in [0.3, 0.4) is 0 Å². The monoisotopic (exact) mass is 368 g/mol. The van der Waals surface area contributed by atoms with Crippen LogP contribution in [0.5, 0.6) is 0 Å². The largest absolute Gasteiger partial charge is 0.450 e. The maximum absolute atomic E-state index is 12.1. The summed E-state index contributed by atoms with van der Waals surface area (Å²) in [7, 11) is -2.01. The number of esters is 1. The SMILES string of the molecule is CC(C)(C)[Si](C)(C)OC[C@H]1O[C@H](O)[C@H](OC(=O)c2ccccc2)[C@@H]1O. The first-order chi connectivity index (χ1) is 11.5. The fourth-order valence-corrected chi connectivity index (χ4v) is 3.27. The predicted octanol–water partition coefficient (Wildman–Crippen LogP) is 2.31. The van der Waals surface area contributed by atoms with Crippen LogP contribution in [0.2, 0.25) is 18.1 Å². The van der Waals surface area contributed by atoms with E-state index in [9.17, 15) is 15.0 Å². The van der Waals surface area contributed by atoms with Crippen LogP contribution >= 0.6 is 0 Å². The normalized spacial score (nSPS) is 27.3. The number of carbonyl (C=O) groups excluding carboxylic acids is 1. The van der Waals surface area contributed by atoms with E-state index in [4.69, 9.17) is 13.9 Å². The summed E-state index contributed by atoms with van der Waals surface area (Å²) >= 11 is 0. The summed E-state index contributed by atoms with van der Waals surface area (Å²) in [6.45, 7) is 10.7. The van der Waals surface area contributed by atoms with E-state index in [1.165, 1.54) is 0 Å². The van der Waals surface area contributed by atoms with Crippen molar-refractivity contribution in [2.45, 2.75) is 63.5 Å². The molecule has 0 spiro atoms. The molecule has 1 aliphatic heterocycles. The highest BCUT2D eigenvalue weighted by Gasteiger charge is 2.47. The van der Waals surface area contributed by atoms with Crippen molar-refractivity contribution < 1.29 is 28.9 Å². The number of hydrogen-bond acceptors (Lipinski definition) is 6. The Morgan fingerprint density at radius 2 is 1.80 bits per heavy atom. The standard InChI is InChI=1S/C18H28O6Si/c1-18(2,3)25(4,5)22-11-13-14(19)15(17(21)23-13)24-16(20)12-9-7-6-8-10-12/h6-10,13-15,17,19,21H,11H2,1-5H3/t13-,14-,15-,17+/m1/s1. The average molecular weight is 369 g/mol. The molecule has 0 saturated carbocycles. The van der Waals surface area contributed by atoms with E-state index in [-0.39, 0.29) is 11.6 Å². The van der Waals surface area contributed by atoms with Gasteiger partial charge in [-0.15, -0.1) is 0 Å². The van der Waals surface area contributed by atoms with Crippen molar-refractivity contribution in [3.63, 3.8) is 0 Å². The van der Waals surface area contributed by atoms with Gasteiger partial charge in [0.15, 0.2) is 20.7 Å². The van der Waals surface area contributed by atoms with Gasteiger partial charge in [0.2, 0.25) is 0 Å². The molecule has 1 saturated heterocycles. The van der Waals surface area contributed by atoms with Crippen molar-refractivity contribution >= 4 is 14.3 Å². The van der Waals surface area contributed by atoms with Crippen LogP contribution in [-0.2, 0) is 13.9 Å². The number of carbonyl (C=O) groups is 1. The molecule has 25 heavy (non-hydrogen) atoms. The lowest BCUT2D eigenvalue weighted by Gasteiger charge is -2.37. The fraction of sp³-hybridized carbons (Fsp3) is 0.611. The molecule has 1 aromatic carbocycles. The van der Waals surface area contributed by atoms with Crippen molar-refractivity contribution in [1.29, 1.82) is 0 Å². The van der Waals surface area contributed by atoms with Gasteiger partial charge < -0.3 is 24.1 Å². The second-order valence-corrected chi connectivity index (χ2v) is 12.7. The van der Waals surface area contributed by atoms with Crippen LogP contribution in [0.25, 0.3) is 0 Å². The van der Waals surface area contributed by atoms with Gasteiger partial charge in [-0.2, -0.15) is 0 Å². The molecule has 0 unspecified atom stereocenters. The molecule has 0 radical (unpaired) electrons. The van der Waals surface area contributed by atoms with Gasteiger partial charge in [-0.05, 0) is 30.3 Å². The zero-order chi connectivity index (χ0) is 18.8. The van der Waals surface area contributed by atoms with E-state index in [0.717, 1.165) is 0 Å².